The van der Waals surface area contributed by atoms with Crippen molar-refractivity contribution in [1.82, 2.24) is 0 Å². The van der Waals surface area contributed by atoms with Gasteiger partial charge in [-0.3, -0.25) is 4.79 Å². The molecule has 1 aromatic rings. The molecule has 0 fully saturated rings. The minimum Gasteiger partial charge on any atom is -0.493 e. The van der Waals surface area contributed by atoms with Crippen LogP contribution in [0.2, 0.25) is 0 Å². The second-order valence-electron chi connectivity index (χ2n) is 5.11. The second-order valence-corrected chi connectivity index (χ2v) is 5.11. The lowest BCUT2D eigenvalue weighted by atomic mass is 9.90. The number of hydrogen-bond donors (Lipinski definition) is 1. The average molecular weight is 261 g/mol. The summed E-state index contributed by atoms with van der Waals surface area (Å²) in [6.07, 6.45) is 3.51. The molecule has 0 amide bonds. The van der Waals surface area contributed by atoms with Gasteiger partial charge in [0.05, 0.1) is 18.8 Å². The van der Waals surface area contributed by atoms with Gasteiger partial charge in [0.2, 0.25) is 0 Å². The molecule has 0 aromatic heterocycles. The molecule has 0 spiro atoms. The summed E-state index contributed by atoms with van der Waals surface area (Å²) >= 11 is 0. The van der Waals surface area contributed by atoms with E-state index in [1.54, 1.807) is 6.92 Å². The lowest BCUT2D eigenvalue weighted by Crippen LogP contribution is -2.06. The van der Waals surface area contributed by atoms with Gasteiger partial charge in [0.1, 0.15) is 11.5 Å². The Kier molecular flexibility index (Phi) is 3.19. The van der Waals surface area contributed by atoms with E-state index < -0.39 is 0 Å². The summed E-state index contributed by atoms with van der Waals surface area (Å²) in [7, 11) is 0. The maximum absolute atomic E-state index is 11.9. The van der Waals surface area contributed by atoms with Gasteiger partial charge in [-0.2, -0.15) is 0 Å². The van der Waals surface area contributed by atoms with Crippen molar-refractivity contribution >= 4 is 5.78 Å². The van der Waals surface area contributed by atoms with E-state index in [9.17, 15) is 4.79 Å². The van der Waals surface area contributed by atoms with Gasteiger partial charge >= 0.3 is 0 Å². The third-order valence-corrected chi connectivity index (χ3v) is 3.90. The Labute approximate surface area is 112 Å². The zero-order valence-corrected chi connectivity index (χ0v) is 11.3. The molecule has 2 N–H and O–H groups in total. The second kappa shape index (κ2) is 4.85. The van der Waals surface area contributed by atoms with Crippen LogP contribution in [0.5, 0.6) is 11.5 Å². The Bertz CT molecular complexity index is 502. The number of rotatable bonds is 4. The van der Waals surface area contributed by atoms with Crippen molar-refractivity contribution in [3.05, 3.63) is 22.3 Å². The number of nitrogens with two attached hydrogens (primary N) is 1. The first-order valence-electron chi connectivity index (χ1n) is 6.91. The summed E-state index contributed by atoms with van der Waals surface area (Å²) in [4.78, 5) is 11.9. The summed E-state index contributed by atoms with van der Waals surface area (Å²) < 4.78 is 11.5. The van der Waals surface area contributed by atoms with Crippen LogP contribution in [-0.4, -0.2) is 25.5 Å². The van der Waals surface area contributed by atoms with Gasteiger partial charge in [-0.15, -0.1) is 0 Å². The van der Waals surface area contributed by atoms with Crippen LogP contribution < -0.4 is 15.2 Å². The number of hydrogen-bond acceptors (Lipinski definition) is 4. The van der Waals surface area contributed by atoms with Crippen LogP contribution in [0, 0.1) is 0 Å². The van der Waals surface area contributed by atoms with E-state index in [1.165, 1.54) is 11.1 Å². The number of fused-ring (bicyclic) bond motifs is 2. The van der Waals surface area contributed by atoms with E-state index in [-0.39, 0.29) is 5.78 Å². The molecule has 2 aliphatic heterocycles. The molecule has 102 valence electrons. The topological polar surface area (TPSA) is 61.6 Å². The molecule has 4 nitrogen and oxygen atoms in total. The van der Waals surface area contributed by atoms with E-state index >= 15 is 0 Å². The van der Waals surface area contributed by atoms with Gasteiger partial charge < -0.3 is 15.2 Å². The average Bonchev–Trinajstić information content (AvgIpc) is 3.01. The lowest BCUT2D eigenvalue weighted by molar-refractivity contribution is 0.101. The van der Waals surface area contributed by atoms with Gasteiger partial charge in [0, 0.05) is 29.5 Å². The molecule has 19 heavy (non-hydrogen) atoms. The van der Waals surface area contributed by atoms with E-state index in [2.05, 4.69) is 0 Å². The normalized spacial score (nSPS) is 15.7. The first-order valence-corrected chi connectivity index (χ1v) is 6.91. The molecule has 2 heterocycles. The zero-order chi connectivity index (χ0) is 13.4. The molecule has 0 aliphatic carbocycles. The maximum atomic E-state index is 11.9. The molecule has 3 rings (SSSR count). The molecule has 0 unspecified atom stereocenters. The highest BCUT2D eigenvalue weighted by molar-refractivity contribution is 6.00. The maximum Gasteiger partial charge on any atom is 0.163 e. The quantitative estimate of drug-likeness (QED) is 0.837. The molecule has 0 atom stereocenters. The number of ketones is 1. The fourth-order valence-electron chi connectivity index (χ4n) is 3.12. The van der Waals surface area contributed by atoms with Crippen molar-refractivity contribution in [2.45, 2.75) is 32.6 Å². The standard InChI is InChI=1S/C15H19NO3/c1-9(17)13-12-5-8-18-14(12)10(3-2-6-16)11-4-7-19-15(11)13/h2-8,16H2,1H3. The Hall–Kier alpha value is -1.55. The summed E-state index contributed by atoms with van der Waals surface area (Å²) in [5.41, 5.74) is 9.79. The first kappa shape index (κ1) is 12.5. The molecule has 1 aromatic carbocycles. The van der Waals surface area contributed by atoms with Gasteiger partial charge in [-0.1, -0.05) is 0 Å². The molecule has 0 saturated carbocycles. The van der Waals surface area contributed by atoms with Crippen LogP contribution in [0.3, 0.4) is 0 Å². The van der Waals surface area contributed by atoms with Crippen LogP contribution in [0.4, 0.5) is 0 Å². The SMILES string of the molecule is CC(=O)c1c2c(c(CCCN)c3c1OCC3)OCC2. The Morgan fingerprint density at radius 1 is 1.16 bits per heavy atom. The van der Waals surface area contributed by atoms with E-state index in [4.69, 9.17) is 15.2 Å². The largest absolute Gasteiger partial charge is 0.493 e. The van der Waals surface area contributed by atoms with Crippen LogP contribution in [0.15, 0.2) is 0 Å². The van der Waals surface area contributed by atoms with Crippen molar-refractivity contribution in [3.63, 3.8) is 0 Å². The van der Waals surface area contributed by atoms with E-state index in [0.717, 1.165) is 48.3 Å². The molecule has 0 saturated heterocycles. The van der Waals surface area contributed by atoms with Gasteiger partial charge in [-0.05, 0) is 26.3 Å². The van der Waals surface area contributed by atoms with Crippen LogP contribution in [0.25, 0.3) is 0 Å². The molecular weight excluding hydrogens is 242 g/mol. The van der Waals surface area contributed by atoms with Gasteiger partial charge in [0.15, 0.2) is 5.78 Å². The number of ether oxygens (including phenoxy) is 2. The molecule has 2 aliphatic rings. The molecule has 0 radical (unpaired) electrons. The van der Waals surface area contributed by atoms with E-state index in [0.29, 0.717) is 19.8 Å². The first-order chi connectivity index (χ1) is 9.24. The highest BCUT2D eigenvalue weighted by Gasteiger charge is 2.32. The van der Waals surface area contributed by atoms with Crippen molar-refractivity contribution in [3.8, 4) is 11.5 Å². The van der Waals surface area contributed by atoms with Crippen molar-refractivity contribution in [1.29, 1.82) is 0 Å². The van der Waals surface area contributed by atoms with Crippen LogP contribution in [-0.2, 0) is 19.3 Å². The van der Waals surface area contributed by atoms with Crippen LogP contribution >= 0.6 is 0 Å². The summed E-state index contributed by atoms with van der Waals surface area (Å²) in [6.45, 7) is 3.59. The zero-order valence-electron chi connectivity index (χ0n) is 11.3. The summed E-state index contributed by atoms with van der Waals surface area (Å²) in [5.74, 6) is 1.82. The van der Waals surface area contributed by atoms with Gasteiger partial charge in [-0.25, -0.2) is 0 Å². The number of benzene rings is 1. The molecular formula is C15H19NO3. The van der Waals surface area contributed by atoms with Crippen molar-refractivity contribution in [2.24, 2.45) is 5.73 Å². The minimum atomic E-state index is 0.0743. The highest BCUT2D eigenvalue weighted by atomic mass is 16.5. The monoisotopic (exact) mass is 261 g/mol. The smallest absolute Gasteiger partial charge is 0.163 e. The fourth-order valence-corrected chi connectivity index (χ4v) is 3.12. The number of carbonyl (C=O) groups excluding carboxylic acids is 1. The fraction of sp³-hybridized carbons (Fsp3) is 0.533. The number of carbonyl (C=O) groups is 1. The highest BCUT2D eigenvalue weighted by Crippen LogP contribution is 2.45. The third-order valence-electron chi connectivity index (χ3n) is 3.90. The minimum absolute atomic E-state index is 0.0743. The predicted octanol–water partition coefficient (Wildman–Crippen LogP) is 1.65. The third kappa shape index (κ3) is 1.91. The van der Waals surface area contributed by atoms with Crippen molar-refractivity contribution < 1.29 is 14.3 Å². The van der Waals surface area contributed by atoms with Gasteiger partial charge in [0.25, 0.3) is 0 Å². The van der Waals surface area contributed by atoms with Crippen LogP contribution in [0.1, 0.15) is 40.4 Å². The lowest BCUT2D eigenvalue weighted by Gasteiger charge is -2.16. The Morgan fingerprint density at radius 2 is 1.84 bits per heavy atom. The summed E-state index contributed by atoms with van der Waals surface area (Å²) in [5, 5.41) is 0. The van der Waals surface area contributed by atoms with Crippen molar-refractivity contribution in [2.75, 3.05) is 19.8 Å². The summed E-state index contributed by atoms with van der Waals surface area (Å²) in [6, 6.07) is 0. The Balaban J connectivity index is 2.19. The predicted molar refractivity (Wildman–Crippen MR) is 72.2 cm³/mol. The molecule has 0 bridgehead atoms. The number of Topliss-reactive ketones (excluding diaryl/α,β-unsaturated/α-hetero) is 1. The van der Waals surface area contributed by atoms with E-state index in [1.807, 2.05) is 0 Å². The Morgan fingerprint density at radius 3 is 2.53 bits per heavy atom. The molecule has 4 heteroatoms.